The summed E-state index contributed by atoms with van der Waals surface area (Å²) in [5, 5.41) is 25.1. The van der Waals surface area contributed by atoms with Gasteiger partial charge in [0.1, 0.15) is 16.9 Å². The van der Waals surface area contributed by atoms with Crippen LogP contribution in [0.4, 0.5) is 29.3 Å². The number of aromatic hydroxyl groups is 1. The van der Waals surface area contributed by atoms with Crippen LogP contribution in [0.5, 0.6) is 11.6 Å². The van der Waals surface area contributed by atoms with Gasteiger partial charge in [-0.2, -0.15) is 21.6 Å². The fraction of sp³-hybridized carbons (Fsp3) is 0.419. The largest absolute Gasteiger partial charge is 0.517 e. The van der Waals surface area contributed by atoms with E-state index in [0.717, 1.165) is 4.57 Å². The molecule has 1 unspecified atom stereocenters. The van der Waals surface area contributed by atoms with E-state index in [2.05, 4.69) is 10.3 Å². The number of nitrogens with one attached hydrogen (secondary N) is 1. The van der Waals surface area contributed by atoms with Gasteiger partial charge in [0.2, 0.25) is 5.88 Å². The Hall–Kier alpha value is -4.19. The number of aliphatic hydroxyl groups is 1. The third-order valence-corrected chi connectivity index (χ3v) is 9.33. The summed E-state index contributed by atoms with van der Waals surface area (Å²) < 4.78 is 83.5. The molecule has 13 nitrogen and oxygen atoms in total. The number of nitrogens with zero attached hydrogens (tertiary/aromatic N) is 4. The fourth-order valence-electron chi connectivity index (χ4n) is 5.33. The van der Waals surface area contributed by atoms with E-state index in [1.807, 2.05) is 11.0 Å². The number of aromatic nitrogens is 3. The van der Waals surface area contributed by atoms with E-state index in [1.165, 1.54) is 25.3 Å². The van der Waals surface area contributed by atoms with Crippen molar-refractivity contribution < 1.29 is 50.8 Å². The van der Waals surface area contributed by atoms with Gasteiger partial charge < -0.3 is 34.6 Å². The second kappa shape index (κ2) is 13.3. The van der Waals surface area contributed by atoms with Crippen LogP contribution in [-0.4, -0.2) is 89.3 Å². The third kappa shape index (κ3) is 7.11. The Kier molecular flexibility index (Phi) is 9.77. The van der Waals surface area contributed by atoms with Crippen LogP contribution in [0.3, 0.4) is 0 Å². The van der Waals surface area contributed by atoms with Crippen LogP contribution >= 0.6 is 11.6 Å². The fourth-order valence-corrected chi connectivity index (χ4v) is 6.38. The van der Waals surface area contributed by atoms with Gasteiger partial charge in [0.25, 0.3) is 0 Å². The summed E-state index contributed by atoms with van der Waals surface area (Å²) in [5.74, 6) is -1.46. The van der Waals surface area contributed by atoms with Crippen LogP contribution in [0.15, 0.2) is 36.5 Å². The van der Waals surface area contributed by atoms with Crippen molar-refractivity contribution in [2.45, 2.75) is 44.9 Å². The number of ether oxygens (including phenoxy) is 3. The Morgan fingerprint density at radius 3 is 2.43 bits per heavy atom. The van der Waals surface area contributed by atoms with E-state index in [-0.39, 0.29) is 20.0 Å². The van der Waals surface area contributed by atoms with Crippen molar-refractivity contribution in [3.63, 3.8) is 0 Å². The SMILES string of the molecule is COc1ccc(C(O)CNc2cn(S(=O)(=O)C(F)(F)F)c(O)c2-c2nc3c(C)cc(N4CCOCC4)cc3n2C(=O)OC(C)(C)C)cc1Cl. The standard InChI is InChI=1S/C31H35ClF3N5O8S/c1-17-12-19(38-8-10-47-11-9-38)14-22-26(17)37-27(40(22)29(43)48-30(2,3)4)25-21(16-39(28(25)42)49(44,45)31(33,34)35)36-15-23(41)18-6-7-24(46-5)20(32)13-18/h6-7,12-14,16,23,36,41-42H,8-11,15H2,1-5H3. The average molecular weight is 730 g/mol. The number of halogens is 4. The number of aryl methyl sites for hydroxylation is 1. The van der Waals surface area contributed by atoms with Crippen LogP contribution in [0, 0.1) is 6.92 Å². The number of fused-ring (bicyclic) bond motifs is 1. The van der Waals surface area contributed by atoms with E-state index < -0.39 is 62.8 Å². The summed E-state index contributed by atoms with van der Waals surface area (Å²) in [7, 11) is -4.78. The number of anilines is 2. The van der Waals surface area contributed by atoms with Gasteiger partial charge in [0.15, 0.2) is 5.82 Å². The summed E-state index contributed by atoms with van der Waals surface area (Å²) in [6.07, 6.45) is -1.82. The molecule has 0 saturated carbocycles. The topological polar surface area (TPSA) is 157 Å². The van der Waals surface area contributed by atoms with E-state index in [4.69, 9.17) is 25.8 Å². The monoisotopic (exact) mass is 729 g/mol. The van der Waals surface area contributed by atoms with Crippen molar-refractivity contribution in [2.75, 3.05) is 50.2 Å². The highest BCUT2D eigenvalue weighted by Crippen LogP contribution is 2.43. The number of aliphatic hydroxyl groups excluding tert-OH is 1. The van der Waals surface area contributed by atoms with Crippen LogP contribution in [0.2, 0.25) is 5.02 Å². The molecular weight excluding hydrogens is 695 g/mol. The number of carbonyl (C=O) groups is 1. The summed E-state index contributed by atoms with van der Waals surface area (Å²) in [6, 6.07) is 7.89. The van der Waals surface area contributed by atoms with Gasteiger partial charge in [-0.25, -0.2) is 18.3 Å². The zero-order valence-electron chi connectivity index (χ0n) is 27.1. The second-order valence-corrected chi connectivity index (χ2v) is 14.5. The number of methoxy groups -OCH3 is 1. The number of carbonyl (C=O) groups excluding carboxylic acids is 1. The number of morpholine rings is 1. The lowest BCUT2D eigenvalue weighted by Crippen LogP contribution is -2.36. The van der Waals surface area contributed by atoms with Crippen molar-refractivity contribution >= 4 is 50.1 Å². The molecule has 1 fully saturated rings. The quantitative estimate of drug-likeness (QED) is 0.206. The highest BCUT2D eigenvalue weighted by atomic mass is 35.5. The number of alkyl halides is 3. The van der Waals surface area contributed by atoms with Crippen LogP contribution < -0.4 is 15.0 Å². The Morgan fingerprint density at radius 1 is 1.16 bits per heavy atom. The van der Waals surface area contributed by atoms with Crippen LogP contribution in [-0.2, 0) is 19.5 Å². The molecule has 0 radical (unpaired) electrons. The smallest absolute Gasteiger partial charge is 0.495 e. The predicted molar refractivity (Wildman–Crippen MR) is 176 cm³/mol. The Labute approximate surface area is 284 Å². The molecule has 0 amide bonds. The highest BCUT2D eigenvalue weighted by Gasteiger charge is 2.49. The molecule has 1 saturated heterocycles. The Bertz CT molecular complexity index is 2000. The van der Waals surface area contributed by atoms with Gasteiger partial charge in [0, 0.05) is 31.5 Å². The number of imidazole rings is 1. The molecule has 1 aliphatic rings. The lowest BCUT2D eigenvalue weighted by atomic mass is 10.1. The van der Waals surface area contributed by atoms with E-state index in [9.17, 15) is 36.6 Å². The zero-order chi connectivity index (χ0) is 36.1. The van der Waals surface area contributed by atoms with E-state index in [1.54, 1.807) is 33.8 Å². The Balaban J connectivity index is 1.71. The normalized spacial score (nSPS) is 15.0. The molecule has 0 spiro atoms. The Morgan fingerprint density at radius 2 is 1.84 bits per heavy atom. The van der Waals surface area contributed by atoms with Gasteiger partial charge in [-0.15, -0.1) is 0 Å². The molecule has 1 aliphatic heterocycles. The zero-order valence-corrected chi connectivity index (χ0v) is 28.7. The summed E-state index contributed by atoms with van der Waals surface area (Å²) in [6.45, 7) is 8.17. The predicted octanol–water partition coefficient (Wildman–Crippen LogP) is 5.64. The van der Waals surface area contributed by atoms with Gasteiger partial charge in [-0.05, 0) is 63.1 Å². The lowest BCUT2D eigenvalue weighted by molar-refractivity contribution is -0.0448. The summed E-state index contributed by atoms with van der Waals surface area (Å²) in [5.41, 5.74) is -5.82. The van der Waals surface area contributed by atoms with Gasteiger partial charge in [-0.3, -0.25) is 0 Å². The first-order valence-electron chi connectivity index (χ1n) is 14.9. The number of hydrogen-bond acceptors (Lipinski definition) is 11. The molecule has 2 aromatic carbocycles. The second-order valence-electron chi connectivity index (χ2n) is 12.3. The molecule has 0 bridgehead atoms. The lowest BCUT2D eigenvalue weighted by Gasteiger charge is -2.29. The summed E-state index contributed by atoms with van der Waals surface area (Å²) in [4.78, 5) is 20.4. The maximum atomic E-state index is 13.8. The number of benzene rings is 2. The minimum Gasteiger partial charge on any atom is -0.495 e. The van der Waals surface area contributed by atoms with Gasteiger partial charge in [-0.1, -0.05) is 17.7 Å². The number of rotatable bonds is 8. The molecular formula is C31H35ClF3N5O8S. The molecule has 3 heterocycles. The van der Waals surface area contributed by atoms with Crippen molar-refractivity contribution in [2.24, 2.45) is 0 Å². The molecule has 4 aromatic rings. The molecule has 3 N–H and O–H groups in total. The minimum absolute atomic E-state index is 0.178. The molecule has 5 rings (SSSR count). The van der Waals surface area contributed by atoms with Gasteiger partial charge >= 0.3 is 21.6 Å². The van der Waals surface area contributed by atoms with E-state index in [0.29, 0.717) is 55.1 Å². The molecule has 0 aliphatic carbocycles. The average Bonchev–Trinajstić information content (AvgIpc) is 3.56. The first-order chi connectivity index (χ1) is 22.8. The number of hydrogen-bond donors (Lipinski definition) is 3. The van der Waals surface area contributed by atoms with Crippen molar-refractivity contribution in [1.82, 2.24) is 13.5 Å². The molecule has 2 aromatic heterocycles. The van der Waals surface area contributed by atoms with Crippen molar-refractivity contribution in [3.05, 3.63) is 52.7 Å². The molecule has 266 valence electrons. The first-order valence-corrected chi connectivity index (χ1v) is 16.8. The van der Waals surface area contributed by atoms with Crippen molar-refractivity contribution in [3.8, 4) is 23.0 Å². The summed E-state index contributed by atoms with van der Waals surface area (Å²) >= 11 is 6.19. The highest BCUT2D eigenvalue weighted by molar-refractivity contribution is 7.90. The maximum Gasteiger partial charge on any atom is 0.517 e. The first kappa shape index (κ1) is 36.1. The van der Waals surface area contributed by atoms with E-state index >= 15 is 0 Å². The minimum atomic E-state index is -6.18. The maximum absolute atomic E-state index is 13.8. The van der Waals surface area contributed by atoms with Crippen LogP contribution in [0.1, 0.15) is 38.0 Å². The third-order valence-electron chi connectivity index (χ3n) is 7.66. The van der Waals surface area contributed by atoms with Crippen molar-refractivity contribution in [1.29, 1.82) is 0 Å². The molecule has 18 heteroatoms. The van der Waals surface area contributed by atoms with Crippen LogP contribution in [0.25, 0.3) is 22.4 Å². The molecule has 49 heavy (non-hydrogen) atoms. The molecule has 1 atom stereocenters. The van der Waals surface area contributed by atoms with Gasteiger partial charge in [0.05, 0.1) is 48.2 Å².